The molecule has 15 heavy (non-hydrogen) atoms. The number of alkyl carbamates (subject to hydrolysis) is 1. The van der Waals surface area contributed by atoms with E-state index in [1.165, 1.54) is 6.08 Å². The van der Waals surface area contributed by atoms with Gasteiger partial charge in [-0.15, -0.1) is 0 Å². The SMILES string of the molecule is C=CCOC(=O)NCCC(F)(F)C(=O)O. The summed E-state index contributed by atoms with van der Waals surface area (Å²) in [7, 11) is 0. The Bertz CT molecular complexity index is 255. The quantitative estimate of drug-likeness (QED) is 0.659. The molecular weight excluding hydrogens is 212 g/mol. The smallest absolute Gasteiger partial charge is 0.407 e. The summed E-state index contributed by atoms with van der Waals surface area (Å²) in [5.41, 5.74) is 0. The molecule has 0 saturated heterocycles. The van der Waals surface area contributed by atoms with Crippen LogP contribution in [0.1, 0.15) is 6.42 Å². The predicted molar refractivity (Wildman–Crippen MR) is 46.7 cm³/mol. The summed E-state index contributed by atoms with van der Waals surface area (Å²) < 4.78 is 29.3. The van der Waals surface area contributed by atoms with Crippen molar-refractivity contribution in [1.82, 2.24) is 5.32 Å². The lowest BCUT2D eigenvalue weighted by atomic mass is 10.2. The number of nitrogens with one attached hydrogen (secondary N) is 1. The second-order valence-corrected chi connectivity index (χ2v) is 2.57. The molecule has 0 aromatic heterocycles. The number of carbonyl (C=O) groups excluding carboxylic acids is 1. The molecule has 0 unspecified atom stereocenters. The topological polar surface area (TPSA) is 75.6 Å². The Balaban J connectivity index is 3.74. The fourth-order valence-corrected chi connectivity index (χ4v) is 0.614. The fourth-order valence-electron chi connectivity index (χ4n) is 0.614. The van der Waals surface area contributed by atoms with E-state index in [1.807, 2.05) is 5.32 Å². The molecule has 2 N–H and O–H groups in total. The van der Waals surface area contributed by atoms with E-state index >= 15 is 0 Å². The lowest BCUT2D eigenvalue weighted by Gasteiger charge is -2.11. The summed E-state index contributed by atoms with van der Waals surface area (Å²) >= 11 is 0. The summed E-state index contributed by atoms with van der Waals surface area (Å²) in [5, 5.41) is 10.0. The van der Waals surface area contributed by atoms with Crippen molar-refractivity contribution in [1.29, 1.82) is 0 Å². The molecule has 0 radical (unpaired) electrons. The number of aliphatic carboxylic acids is 1. The third kappa shape index (κ3) is 5.61. The number of hydrogen-bond donors (Lipinski definition) is 2. The van der Waals surface area contributed by atoms with Crippen molar-refractivity contribution in [3.63, 3.8) is 0 Å². The second kappa shape index (κ2) is 5.94. The van der Waals surface area contributed by atoms with Crippen LogP contribution in [0.25, 0.3) is 0 Å². The van der Waals surface area contributed by atoms with Crippen LogP contribution in [-0.2, 0) is 9.53 Å². The Hall–Kier alpha value is -1.66. The molecule has 0 bridgehead atoms. The highest BCUT2D eigenvalue weighted by atomic mass is 19.3. The van der Waals surface area contributed by atoms with Crippen molar-refractivity contribution >= 4 is 12.1 Å². The van der Waals surface area contributed by atoms with Gasteiger partial charge in [0.25, 0.3) is 0 Å². The van der Waals surface area contributed by atoms with Gasteiger partial charge in [0.15, 0.2) is 0 Å². The molecule has 0 aromatic carbocycles. The van der Waals surface area contributed by atoms with Crippen LogP contribution in [0.5, 0.6) is 0 Å². The van der Waals surface area contributed by atoms with Gasteiger partial charge in [-0.1, -0.05) is 12.7 Å². The minimum atomic E-state index is -3.84. The van der Waals surface area contributed by atoms with Gasteiger partial charge in [0, 0.05) is 13.0 Å². The number of carboxylic acid groups (broad SMARTS) is 1. The van der Waals surface area contributed by atoms with Gasteiger partial charge in [0.1, 0.15) is 6.61 Å². The minimum absolute atomic E-state index is 0.0405. The van der Waals surface area contributed by atoms with Crippen LogP contribution in [0.2, 0.25) is 0 Å². The highest BCUT2D eigenvalue weighted by molar-refractivity contribution is 5.75. The van der Waals surface area contributed by atoms with Crippen molar-refractivity contribution in [2.24, 2.45) is 0 Å². The van der Waals surface area contributed by atoms with E-state index in [-0.39, 0.29) is 6.61 Å². The van der Waals surface area contributed by atoms with E-state index in [4.69, 9.17) is 5.11 Å². The number of carboxylic acids is 1. The van der Waals surface area contributed by atoms with Crippen LogP contribution in [0.15, 0.2) is 12.7 Å². The number of hydrogen-bond acceptors (Lipinski definition) is 3. The monoisotopic (exact) mass is 223 g/mol. The predicted octanol–water partition coefficient (Wildman–Crippen LogP) is 1.01. The summed E-state index contributed by atoms with van der Waals surface area (Å²) in [4.78, 5) is 20.6. The van der Waals surface area contributed by atoms with Gasteiger partial charge in [0.2, 0.25) is 0 Å². The van der Waals surface area contributed by atoms with E-state index in [2.05, 4.69) is 11.3 Å². The molecule has 0 atom stereocenters. The maximum Gasteiger partial charge on any atom is 0.407 e. The molecule has 1 amide bonds. The highest BCUT2D eigenvalue weighted by Gasteiger charge is 2.38. The highest BCUT2D eigenvalue weighted by Crippen LogP contribution is 2.17. The maximum absolute atomic E-state index is 12.4. The summed E-state index contributed by atoms with van der Waals surface area (Å²) in [6.07, 6.45) is -0.562. The van der Waals surface area contributed by atoms with Crippen molar-refractivity contribution in [2.75, 3.05) is 13.2 Å². The number of alkyl halides is 2. The van der Waals surface area contributed by atoms with E-state index in [1.54, 1.807) is 0 Å². The van der Waals surface area contributed by atoms with E-state index in [0.29, 0.717) is 0 Å². The molecule has 5 nitrogen and oxygen atoms in total. The molecule has 0 aromatic rings. The van der Waals surface area contributed by atoms with Gasteiger partial charge in [-0.2, -0.15) is 8.78 Å². The Morgan fingerprint density at radius 3 is 2.60 bits per heavy atom. The van der Waals surface area contributed by atoms with Crippen LogP contribution in [0.4, 0.5) is 13.6 Å². The third-order valence-electron chi connectivity index (χ3n) is 1.35. The number of rotatable bonds is 6. The normalized spacial score (nSPS) is 10.5. The summed E-state index contributed by atoms with van der Waals surface area (Å²) in [5.74, 6) is -6.06. The van der Waals surface area contributed by atoms with Gasteiger partial charge < -0.3 is 15.2 Å². The zero-order valence-electron chi connectivity index (χ0n) is 7.83. The summed E-state index contributed by atoms with van der Waals surface area (Å²) in [6.45, 7) is 2.76. The molecular formula is C8H11F2NO4. The first-order valence-electron chi connectivity index (χ1n) is 4.03. The average Bonchev–Trinajstić information content (AvgIpc) is 2.14. The van der Waals surface area contributed by atoms with E-state index in [0.717, 1.165) is 0 Å². The molecule has 0 aliphatic carbocycles. The van der Waals surface area contributed by atoms with E-state index in [9.17, 15) is 18.4 Å². The molecule has 0 heterocycles. The number of carbonyl (C=O) groups is 2. The van der Waals surface area contributed by atoms with Crippen LogP contribution >= 0.6 is 0 Å². The Labute approximate surface area is 84.7 Å². The number of ether oxygens (including phenoxy) is 1. The van der Waals surface area contributed by atoms with Gasteiger partial charge in [-0.05, 0) is 0 Å². The number of amides is 1. The maximum atomic E-state index is 12.4. The van der Waals surface area contributed by atoms with Crippen molar-refractivity contribution in [3.8, 4) is 0 Å². The molecule has 0 rings (SSSR count). The molecule has 0 spiro atoms. The molecule has 0 fully saturated rings. The van der Waals surface area contributed by atoms with Crippen LogP contribution in [0, 0.1) is 0 Å². The molecule has 0 aliphatic heterocycles. The largest absolute Gasteiger partial charge is 0.477 e. The third-order valence-corrected chi connectivity index (χ3v) is 1.35. The van der Waals surface area contributed by atoms with Gasteiger partial charge in [-0.3, -0.25) is 0 Å². The van der Waals surface area contributed by atoms with Crippen LogP contribution in [0.3, 0.4) is 0 Å². The second-order valence-electron chi connectivity index (χ2n) is 2.57. The molecule has 7 heteroatoms. The standard InChI is InChI=1S/C8H11F2NO4/c1-2-5-15-7(14)11-4-3-8(9,10)6(12)13/h2H,1,3-5H2,(H,11,14)(H,12,13). The van der Waals surface area contributed by atoms with Crippen molar-refractivity contribution in [2.45, 2.75) is 12.3 Å². The van der Waals surface area contributed by atoms with Gasteiger partial charge in [-0.25, -0.2) is 9.59 Å². The molecule has 0 saturated carbocycles. The zero-order chi connectivity index (χ0) is 11.9. The first kappa shape index (κ1) is 13.3. The first-order valence-corrected chi connectivity index (χ1v) is 4.03. The fraction of sp³-hybridized carbons (Fsp3) is 0.500. The average molecular weight is 223 g/mol. The summed E-state index contributed by atoms with van der Waals surface area (Å²) in [6, 6.07) is 0. The molecule has 86 valence electrons. The Morgan fingerprint density at radius 1 is 1.53 bits per heavy atom. The Morgan fingerprint density at radius 2 is 2.13 bits per heavy atom. The van der Waals surface area contributed by atoms with Crippen molar-refractivity contribution in [3.05, 3.63) is 12.7 Å². The van der Waals surface area contributed by atoms with Crippen LogP contribution in [-0.4, -0.2) is 36.2 Å². The van der Waals surface area contributed by atoms with Crippen LogP contribution < -0.4 is 5.32 Å². The van der Waals surface area contributed by atoms with E-state index < -0.39 is 31.0 Å². The number of halogens is 2. The molecule has 0 aliphatic rings. The van der Waals surface area contributed by atoms with Gasteiger partial charge >= 0.3 is 18.0 Å². The Kier molecular flexibility index (Phi) is 5.29. The minimum Gasteiger partial charge on any atom is -0.477 e. The van der Waals surface area contributed by atoms with Crippen molar-refractivity contribution < 1.29 is 28.2 Å². The zero-order valence-corrected chi connectivity index (χ0v) is 7.83. The van der Waals surface area contributed by atoms with Gasteiger partial charge in [0.05, 0.1) is 0 Å². The lowest BCUT2D eigenvalue weighted by molar-refractivity contribution is -0.165. The first-order chi connectivity index (χ1) is 6.90. The lowest BCUT2D eigenvalue weighted by Crippen LogP contribution is -2.34.